The molecule has 6 nitrogen and oxygen atoms in total. The van der Waals surface area contributed by atoms with Crippen molar-refractivity contribution in [1.82, 2.24) is 20.4 Å². The van der Waals surface area contributed by atoms with E-state index in [2.05, 4.69) is 33.7 Å². The van der Waals surface area contributed by atoms with Crippen LogP contribution in [0.4, 0.5) is 0 Å². The second kappa shape index (κ2) is 8.38. The molecule has 130 valence electrons. The number of para-hydroxylation sites is 1. The minimum Gasteiger partial charge on any atom is -0.496 e. The van der Waals surface area contributed by atoms with Crippen LogP contribution in [0.15, 0.2) is 29.3 Å². The lowest BCUT2D eigenvalue weighted by Gasteiger charge is -2.13. The molecule has 24 heavy (non-hydrogen) atoms. The Labute approximate surface area is 143 Å². The van der Waals surface area contributed by atoms with Crippen molar-refractivity contribution in [1.29, 1.82) is 0 Å². The molecule has 0 amide bonds. The Bertz CT molecular complexity index is 705. The van der Waals surface area contributed by atoms with Gasteiger partial charge < -0.3 is 15.4 Å². The third-order valence-electron chi connectivity index (χ3n) is 4.19. The van der Waals surface area contributed by atoms with Gasteiger partial charge in [0.2, 0.25) is 0 Å². The molecule has 6 heteroatoms. The molecule has 0 bridgehead atoms. The number of methoxy groups -OCH3 is 1. The van der Waals surface area contributed by atoms with E-state index in [1.807, 2.05) is 36.9 Å². The molecule has 0 radical (unpaired) electrons. The number of guanidine groups is 1. The average Bonchev–Trinajstić information content (AvgIpc) is 2.83. The fourth-order valence-corrected chi connectivity index (χ4v) is 2.69. The molecule has 1 aromatic heterocycles. The molecule has 0 atom stereocenters. The van der Waals surface area contributed by atoms with Crippen LogP contribution in [0.25, 0.3) is 0 Å². The maximum absolute atomic E-state index is 5.38. The highest BCUT2D eigenvalue weighted by atomic mass is 16.5. The zero-order valence-electron chi connectivity index (χ0n) is 15.2. The van der Waals surface area contributed by atoms with E-state index in [0.717, 1.165) is 30.4 Å². The Balaban J connectivity index is 1.87. The summed E-state index contributed by atoms with van der Waals surface area (Å²) in [5.41, 5.74) is 4.61. The van der Waals surface area contributed by atoms with Crippen molar-refractivity contribution in [3.63, 3.8) is 0 Å². The van der Waals surface area contributed by atoms with Crippen LogP contribution < -0.4 is 15.4 Å². The Kier molecular flexibility index (Phi) is 6.23. The van der Waals surface area contributed by atoms with Crippen molar-refractivity contribution in [2.75, 3.05) is 20.7 Å². The van der Waals surface area contributed by atoms with E-state index in [-0.39, 0.29) is 0 Å². The number of aliphatic imine (C=N–C) groups is 1. The van der Waals surface area contributed by atoms with Crippen LogP contribution in [0.3, 0.4) is 0 Å². The summed E-state index contributed by atoms with van der Waals surface area (Å²) in [6, 6.07) is 8.07. The summed E-state index contributed by atoms with van der Waals surface area (Å²) < 4.78 is 7.29. The molecule has 0 saturated carbocycles. The zero-order chi connectivity index (χ0) is 17.5. The van der Waals surface area contributed by atoms with Crippen LogP contribution in [0.5, 0.6) is 5.75 Å². The van der Waals surface area contributed by atoms with E-state index >= 15 is 0 Å². The molecule has 2 rings (SSSR count). The summed E-state index contributed by atoms with van der Waals surface area (Å²) in [4.78, 5) is 4.28. The number of aryl methyl sites for hydroxylation is 2. The molecule has 0 saturated heterocycles. The third kappa shape index (κ3) is 4.28. The summed E-state index contributed by atoms with van der Waals surface area (Å²) in [5.74, 6) is 1.71. The van der Waals surface area contributed by atoms with Crippen LogP contribution in [-0.4, -0.2) is 36.4 Å². The average molecular weight is 329 g/mol. The molecule has 1 heterocycles. The van der Waals surface area contributed by atoms with Gasteiger partial charge in [-0.2, -0.15) is 5.10 Å². The van der Waals surface area contributed by atoms with Gasteiger partial charge >= 0.3 is 0 Å². The maximum Gasteiger partial charge on any atom is 0.191 e. The molecule has 0 aliphatic carbocycles. The first-order valence-electron chi connectivity index (χ1n) is 8.12. The summed E-state index contributed by atoms with van der Waals surface area (Å²) >= 11 is 0. The van der Waals surface area contributed by atoms with Gasteiger partial charge in [-0.1, -0.05) is 18.2 Å². The van der Waals surface area contributed by atoms with Crippen molar-refractivity contribution in [2.45, 2.75) is 26.8 Å². The highest BCUT2D eigenvalue weighted by Crippen LogP contribution is 2.17. The quantitative estimate of drug-likeness (QED) is 0.628. The second-order valence-electron chi connectivity index (χ2n) is 5.69. The smallest absolute Gasteiger partial charge is 0.191 e. The Hall–Kier alpha value is -2.50. The van der Waals surface area contributed by atoms with Gasteiger partial charge in [-0.25, -0.2) is 0 Å². The van der Waals surface area contributed by atoms with E-state index < -0.39 is 0 Å². The molecule has 1 aromatic carbocycles. The number of ether oxygens (including phenoxy) is 1. The number of nitrogens with one attached hydrogen (secondary N) is 2. The first-order valence-corrected chi connectivity index (χ1v) is 8.12. The Morgan fingerprint density at radius 3 is 2.62 bits per heavy atom. The monoisotopic (exact) mass is 329 g/mol. The molecule has 0 aliphatic heterocycles. The van der Waals surface area contributed by atoms with E-state index in [0.29, 0.717) is 6.54 Å². The number of hydrogen-bond acceptors (Lipinski definition) is 3. The predicted octanol–water partition coefficient (Wildman–Crippen LogP) is 1.95. The van der Waals surface area contributed by atoms with Crippen LogP contribution in [0.1, 0.15) is 22.5 Å². The van der Waals surface area contributed by atoms with Gasteiger partial charge in [0.05, 0.1) is 12.8 Å². The lowest BCUT2D eigenvalue weighted by molar-refractivity contribution is 0.409. The van der Waals surface area contributed by atoms with E-state index in [9.17, 15) is 0 Å². The molecular formula is C18H27N5O. The Morgan fingerprint density at radius 2 is 2.00 bits per heavy atom. The van der Waals surface area contributed by atoms with Gasteiger partial charge in [-0.15, -0.1) is 0 Å². The number of benzene rings is 1. The van der Waals surface area contributed by atoms with E-state index in [1.54, 1.807) is 14.2 Å². The first kappa shape index (κ1) is 17.8. The standard InChI is InChI=1S/C18H27N5O/c1-13-16(14(2)23(4)22-13)12-21-18(19-3)20-11-10-15-8-6-7-9-17(15)24-5/h6-9H,10-12H2,1-5H3,(H2,19,20,21). The number of hydrogen-bond donors (Lipinski definition) is 2. The SMILES string of the molecule is CN=C(NCCc1ccccc1OC)NCc1c(C)nn(C)c1C. The summed E-state index contributed by atoms with van der Waals surface area (Å²) in [6.07, 6.45) is 0.871. The van der Waals surface area contributed by atoms with Crippen molar-refractivity contribution >= 4 is 5.96 Å². The molecule has 0 spiro atoms. The molecule has 2 N–H and O–H groups in total. The van der Waals surface area contributed by atoms with Crippen molar-refractivity contribution < 1.29 is 4.74 Å². The fraction of sp³-hybridized carbons (Fsp3) is 0.444. The Morgan fingerprint density at radius 1 is 1.25 bits per heavy atom. The number of aromatic nitrogens is 2. The molecule has 0 aliphatic rings. The van der Waals surface area contributed by atoms with Crippen LogP contribution in [0.2, 0.25) is 0 Å². The topological polar surface area (TPSA) is 63.5 Å². The lowest BCUT2D eigenvalue weighted by atomic mass is 10.1. The summed E-state index contributed by atoms with van der Waals surface area (Å²) in [7, 11) is 5.44. The van der Waals surface area contributed by atoms with Gasteiger partial charge in [0.25, 0.3) is 0 Å². The van der Waals surface area contributed by atoms with Gasteiger partial charge in [0.1, 0.15) is 5.75 Å². The molecule has 0 unspecified atom stereocenters. The zero-order valence-corrected chi connectivity index (χ0v) is 15.2. The van der Waals surface area contributed by atoms with Crippen LogP contribution >= 0.6 is 0 Å². The molecule has 2 aromatic rings. The minimum absolute atomic E-state index is 0.708. The predicted molar refractivity (Wildman–Crippen MR) is 97.6 cm³/mol. The number of nitrogens with zero attached hydrogens (tertiary/aromatic N) is 3. The van der Waals surface area contributed by atoms with Gasteiger partial charge in [-0.3, -0.25) is 9.67 Å². The molecule has 0 fully saturated rings. The largest absolute Gasteiger partial charge is 0.496 e. The van der Waals surface area contributed by atoms with Crippen LogP contribution in [0, 0.1) is 13.8 Å². The van der Waals surface area contributed by atoms with Crippen molar-refractivity contribution in [2.24, 2.45) is 12.0 Å². The van der Waals surface area contributed by atoms with Crippen LogP contribution in [-0.2, 0) is 20.0 Å². The normalized spacial score (nSPS) is 11.5. The minimum atomic E-state index is 0.708. The second-order valence-corrected chi connectivity index (χ2v) is 5.69. The van der Waals surface area contributed by atoms with Gasteiger partial charge in [-0.05, 0) is 31.9 Å². The maximum atomic E-state index is 5.38. The lowest BCUT2D eigenvalue weighted by Crippen LogP contribution is -2.38. The fourth-order valence-electron chi connectivity index (χ4n) is 2.69. The van der Waals surface area contributed by atoms with Crippen molar-refractivity contribution in [3.8, 4) is 5.75 Å². The highest BCUT2D eigenvalue weighted by molar-refractivity contribution is 5.79. The van der Waals surface area contributed by atoms with Gasteiger partial charge in [0.15, 0.2) is 5.96 Å². The summed E-state index contributed by atoms with van der Waals surface area (Å²) in [6.45, 7) is 5.60. The summed E-state index contributed by atoms with van der Waals surface area (Å²) in [5, 5.41) is 11.1. The first-order chi connectivity index (χ1) is 11.6. The van der Waals surface area contributed by atoms with E-state index in [1.165, 1.54) is 16.8 Å². The third-order valence-corrected chi connectivity index (χ3v) is 4.19. The van der Waals surface area contributed by atoms with Crippen molar-refractivity contribution in [3.05, 3.63) is 46.8 Å². The van der Waals surface area contributed by atoms with Gasteiger partial charge in [0, 0.05) is 38.4 Å². The highest BCUT2D eigenvalue weighted by Gasteiger charge is 2.09. The van der Waals surface area contributed by atoms with E-state index in [4.69, 9.17) is 4.74 Å². The number of rotatable bonds is 6. The molecular weight excluding hydrogens is 302 g/mol.